The number of hydrogen-bond acceptors (Lipinski definition) is 3. The molecule has 142 valence electrons. The molecule has 1 aliphatic rings. The standard InChI is InChI=1S/C22H22N4O2/c1-26-18-10-6-5-9-17(18)22(21(26)28,13-16-7-3-2-4-8-16)14-20(27)25-15-19-23-11-12-24-19/h2-12H,13-15H2,1H3,(H,23,24)(H,25,27). The van der Waals surface area contributed by atoms with Crippen molar-refractivity contribution in [1.29, 1.82) is 0 Å². The van der Waals surface area contributed by atoms with Gasteiger partial charge in [-0.05, 0) is 23.6 Å². The number of aromatic amines is 1. The Labute approximate surface area is 163 Å². The first-order chi connectivity index (χ1) is 13.6. The Bertz CT molecular complexity index is 985. The van der Waals surface area contributed by atoms with Crippen LogP contribution in [0.4, 0.5) is 5.69 Å². The number of H-pyrrole nitrogens is 1. The molecule has 0 saturated carbocycles. The summed E-state index contributed by atoms with van der Waals surface area (Å²) in [6.07, 6.45) is 3.92. The number of nitrogens with one attached hydrogen (secondary N) is 2. The smallest absolute Gasteiger partial charge is 0.238 e. The van der Waals surface area contributed by atoms with Crippen molar-refractivity contribution in [3.8, 4) is 0 Å². The minimum absolute atomic E-state index is 0.0503. The first-order valence-corrected chi connectivity index (χ1v) is 9.27. The third-order valence-corrected chi connectivity index (χ3v) is 5.31. The van der Waals surface area contributed by atoms with Gasteiger partial charge in [0, 0.05) is 31.5 Å². The number of nitrogens with zero attached hydrogens (tertiary/aromatic N) is 2. The number of amides is 2. The highest BCUT2D eigenvalue weighted by molar-refractivity contribution is 6.09. The number of anilines is 1. The SMILES string of the molecule is CN1C(=O)C(CC(=O)NCc2ncc[nH]2)(Cc2ccccc2)c2ccccc21. The van der Waals surface area contributed by atoms with Crippen LogP contribution in [0.3, 0.4) is 0 Å². The Morgan fingerprint density at radius 2 is 1.89 bits per heavy atom. The lowest BCUT2D eigenvalue weighted by Crippen LogP contribution is -2.44. The van der Waals surface area contributed by atoms with Crippen molar-refractivity contribution >= 4 is 17.5 Å². The molecule has 0 radical (unpaired) electrons. The highest BCUT2D eigenvalue weighted by Crippen LogP contribution is 2.45. The number of likely N-dealkylation sites (N-methyl/N-ethyl adjacent to an activating group) is 1. The lowest BCUT2D eigenvalue weighted by molar-refractivity contribution is -0.129. The van der Waals surface area contributed by atoms with Gasteiger partial charge in [-0.2, -0.15) is 0 Å². The molecule has 2 amide bonds. The zero-order chi connectivity index (χ0) is 19.6. The molecule has 0 bridgehead atoms. The number of hydrogen-bond donors (Lipinski definition) is 2. The van der Waals surface area contributed by atoms with Crippen LogP contribution in [0.25, 0.3) is 0 Å². The summed E-state index contributed by atoms with van der Waals surface area (Å²) in [4.78, 5) is 35.0. The first-order valence-electron chi connectivity index (χ1n) is 9.27. The van der Waals surface area contributed by atoms with Gasteiger partial charge in [0.15, 0.2) is 0 Å². The van der Waals surface area contributed by atoms with E-state index in [1.165, 1.54) is 0 Å². The van der Waals surface area contributed by atoms with Gasteiger partial charge in [-0.3, -0.25) is 9.59 Å². The molecule has 4 rings (SSSR count). The third kappa shape index (κ3) is 3.17. The summed E-state index contributed by atoms with van der Waals surface area (Å²) < 4.78 is 0. The minimum Gasteiger partial charge on any atom is -0.349 e. The van der Waals surface area contributed by atoms with Crippen LogP contribution in [0.2, 0.25) is 0 Å². The van der Waals surface area contributed by atoms with E-state index in [-0.39, 0.29) is 18.2 Å². The van der Waals surface area contributed by atoms with Gasteiger partial charge in [-0.25, -0.2) is 4.98 Å². The second-order valence-corrected chi connectivity index (χ2v) is 7.12. The number of carbonyl (C=O) groups excluding carboxylic acids is 2. The molecule has 2 N–H and O–H groups in total. The quantitative estimate of drug-likeness (QED) is 0.696. The summed E-state index contributed by atoms with van der Waals surface area (Å²) in [5.74, 6) is 0.456. The fourth-order valence-corrected chi connectivity index (χ4v) is 3.98. The molecule has 1 aromatic heterocycles. The zero-order valence-corrected chi connectivity index (χ0v) is 15.7. The van der Waals surface area contributed by atoms with E-state index < -0.39 is 5.41 Å². The molecular formula is C22H22N4O2. The highest BCUT2D eigenvalue weighted by Gasteiger charge is 2.50. The van der Waals surface area contributed by atoms with Crippen molar-refractivity contribution < 1.29 is 9.59 Å². The van der Waals surface area contributed by atoms with E-state index in [4.69, 9.17) is 0 Å². The molecule has 3 aromatic rings. The van der Waals surface area contributed by atoms with E-state index in [0.29, 0.717) is 18.8 Å². The lowest BCUT2D eigenvalue weighted by Gasteiger charge is -2.28. The number of imidazole rings is 1. The van der Waals surface area contributed by atoms with Gasteiger partial charge in [0.25, 0.3) is 0 Å². The lowest BCUT2D eigenvalue weighted by atomic mass is 9.73. The number of fused-ring (bicyclic) bond motifs is 1. The molecule has 0 aliphatic carbocycles. The number of carbonyl (C=O) groups is 2. The number of rotatable bonds is 6. The van der Waals surface area contributed by atoms with E-state index in [1.54, 1.807) is 24.3 Å². The molecule has 0 spiro atoms. The summed E-state index contributed by atoms with van der Waals surface area (Å²) in [7, 11) is 1.77. The van der Waals surface area contributed by atoms with E-state index >= 15 is 0 Å². The Kier molecular flexibility index (Phi) is 4.69. The Hall–Kier alpha value is -3.41. The molecule has 1 aliphatic heterocycles. The molecule has 0 fully saturated rings. The fraction of sp³-hybridized carbons (Fsp3) is 0.227. The van der Waals surface area contributed by atoms with Crippen molar-refractivity contribution in [2.75, 3.05) is 11.9 Å². The van der Waals surface area contributed by atoms with Crippen LogP contribution in [-0.2, 0) is 28.0 Å². The first kappa shape index (κ1) is 18.0. The van der Waals surface area contributed by atoms with Gasteiger partial charge in [-0.15, -0.1) is 0 Å². The fourth-order valence-electron chi connectivity index (χ4n) is 3.98. The van der Waals surface area contributed by atoms with Gasteiger partial charge >= 0.3 is 0 Å². The summed E-state index contributed by atoms with van der Waals surface area (Å²) in [5.41, 5.74) is 1.88. The predicted octanol–water partition coefficient (Wildman–Crippen LogP) is 2.57. The second kappa shape index (κ2) is 7.31. The van der Waals surface area contributed by atoms with Crippen molar-refractivity contribution in [2.45, 2.75) is 24.8 Å². The second-order valence-electron chi connectivity index (χ2n) is 7.12. The maximum atomic E-state index is 13.4. The average molecular weight is 374 g/mol. The Morgan fingerprint density at radius 1 is 1.14 bits per heavy atom. The summed E-state index contributed by atoms with van der Waals surface area (Å²) in [6, 6.07) is 17.6. The van der Waals surface area contributed by atoms with Crippen molar-refractivity contribution in [2.24, 2.45) is 0 Å². The number of aromatic nitrogens is 2. The van der Waals surface area contributed by atoms with Gasteiger partial charge in [0.2, 0.25) is 11.8 Å². The molecule has 1 unspecified atom stereocenters. The predicted molar refractivity (Wildman–Crippen MR) is 107 cm³/mol. The largest absolute Gasteiger partial charge is 0.349 e. The van der Waals surface area contributed by atoms with Crippen LogP contribution in [-0.4, -0.2) is 28.8 Å². The van der Waals surface area contributed by atoms with Crippen LogP contribution in [0, 0.1) is 0 Å². The number of benzene rings is 2. The maximum absolute atomic E-state index is 13.4. The van der Waals surface area contributed by atoms with Crippen LogP contribution in [0.1, 0.15) is 23.4 Å². The van der Waals surface area contributed by atoms with Gasteiger partial charge in [0.05, 0.1) is 12.0 Å². The molecule has 28 heavy (non-hydrogen) atoms. The molecule has 2 aromatic carbocycles. The van der Waals surface area contributed by atoms with Crippen LogP contribution >= 0.6 is 0 Å². The van der Waals surface area contributed by atoms with Gasteiger partial charge in [0.1, 0.15) is 5.82 Å². The van der Waals surface area contributed by atoms with Gasteiger partial charge in [-0.1, -0.05) is 48.5 Å². The summed E-state index contributed by atoms with van der Waals surface area (Å²) in [6.45, 7) is 0.304. The van der Waals surface area contributed by atoms with Gasteiger partial charge < -0.3 is 15.2 Å². The van der Waals surface area contributed by atoms with Crippen LogP contribution < -0.4 is 10.2 Å². The van der Waals surface area contributed by atoms with Crippen LogP contribution in [0.15, 0.2) is 67.0 Å². The minimum atomic E-state index is -0.917. The molecule has 6 nitrogen and oxygen atoms in total. The number of para-hydroxylation sites is 1. The Balaban J connectivity index is 1.66. The topological polar surface area (TPSA) is 78.1 Å². The maximum Gasteiger partial charge on any atom is 0.238 e. The Morgan fingerprint density at radius 3 is 2.64 bits per heavy atom. The molecule has 0 saturated heterocycles. The van der Waals surface area contributed by atoms with Crippen molar-refractivity contribution in [1.82, 2.24) is 15.3 Å². The summed E-state index contributed by atoms with van der Waals surface area (Å²) >= 11 is 0. The molecule has 1 atom stereocenters. The molecule has 2 heterocycles. The van der Waals surface area contributed by atoms with E-state index in [0.717, 1.165) is 16.8 Å². The zero-order valence-electron chi connectivity index (χ0n) is 15.7. The van der Waals surface area contributed by atoms with E-state index in [9.17, 15) is 9.59 Å². The van der Waals surface area contributed by atoms with Crippen molar-refractivity contribution in [3.05, 3.63) is 83.9 Å². The van der Waals surface area contributed by atoms with Crippen LogP contribution in [0.5, 0.6) is 0 Å². The monoisotopic (exact) mass is 374 g/mol. The average Bonchev–Trinajstić information content (AvgIpc) is 3.31. The molecule has 6 heteroatoms. The highest BCUT2D eigenvalue weighted by atomic mass is 16.2. The summed E-state index contributed by atoms with van der Waals surface area (Å²) in [5, 5.41) is 2.89. The van der Waals surface area contributed by atoms with E-state index in [2.05, 4.69) is 15.3 Å². The third-order valence-electron chi connectivity index (χ3n) is 5.31. The van der Waals surface area contributed by atoms with Crippen molar-refractivity contribution in [3.63, 3.8) is 0 Å². The normalized spacial score (nSPS) is 18.2. The molecular weight excluding hydrogens is 352 g/mol. The van der Waals surface area contributed by atoms with E-state index in [1.807, 2.05) is 54.6 Å².